The quantitative estimate of drug-likeness (QED) is 0.896. The maximum Gasteiger partial charge on any atom is 0.144 e. The third-order valence-electron chi connectivity index (χ3n) is 3.12. The number of aromatic nitrogens is 4. The lowest BCUT2D eigenvalue weighted by atomic mass is 10.2. The molecule has 0 aromatic carbocycles. The van der Waals surface area contributed by atoms with E-state index in [2.05, 4.69) is 34.2 Å². The Morgan fingerprint density at radius 3 is 2.44 bits per heavy atom. The molecule has 0 amide bonds. The molecule has 0 spiro atoms. The highest BCUT2D eigenvalue weighted by Crippen LogP contribution is 2.12. The van der Waals surface area contributed by atoms with E-state index in [0.717, 1.165) is 23.8 Å². The van der Waals surface area contributed by atoms with Crippen molar-refractivity contribution in [1.82, 2.24) is 19.7 Å². The van der Waals surface area contributed by atoms with Gasteiger partial charge in [-0.2, -0.15) is 5.10 Å². The summed E-state index contributed by atoms with van der Waals surface area (Å²) in [6, 6.07) is 0. The summed E-state index contributed by atoms with van der Waals surface area (Å²) in [7, 11) is 0. The molecular formula is C13H19N5. The highest BCUT2D eigenvalue weighted by molar-refractivity contribution is 5.30. The van der Waals surface area contributed by atoms with E-state index in [4.69, 9.17) is 0 Å². The van der Waals surface area contributed by atoms with Crippen LogP contribution in [0.2, 0.25) is 0 Å². The number of hydrogen-bond acceptors (Lipinski definition) is 4. The lowest BCUT2D eigenvalue weighted by Gasteiger charge is -2.05. The van der Waals surface area contributed by atoms with Gasteiger partial charge in [0.25, 0.3) is 0 Å². The SMILES string of the molecule is CCNc1cnc(Cn2nc(C)c(C)c2C)cn1. The lowest BCUT2D eigenvalue weighted by Crippen LogP contribution is -2.07. The minimum Gasteiger partial charge on any atom is -0.369 e. The summed E-state index contributed by atoms with van der Waals surface area (Å²) >= 11 is 0. The van der Waals surface area contributed by atoms with E-state index < -0.39 is 0 Å². The summed E-state index contributed by atoms with van der Waals surface area (Å²) in [4.78, 5) is 8.70. The van der Waals surface area contributed by atoms with Gasteiger partial charge in [0.05, 0.1) is 30.3 Å². The van der Waals surface area contributed by atoms with Crippen molar-refractivity contribution in [3.8, 4) is 0 Å². The van der Waals surface area contributed by atoms with E-state index >= 15 is 0 Å². The summed E-state index contributed by atoms with van der Waals surface area (Å²) in [6.07, 6.45) is 3.56. The van der Waals surface area contributed by atoms with E-state index in [0.29, 0.717) is 6.54 Å². The molecule has 0 unspecified atom stereocenters. The van der Waals surface area contributed by atoms with Crippen LogP contribution in [0.15, 0.2) is 12.4 Å². The van der Waals surface area contributed by atoms with Gasteiger partial charge in [0.2, 0.25) is 0 Å². The first-order valence-corrected chi connectivity index (χ1v) is 6.17. The first kappa shape index (κ1) is 12.5. The summed E-state index contributed by atoms with van der Waals surface area (Å²) in [5.41, 5.74) is 4.42. The molecule has 0 aliphatic heterocycles. The highest BCUT2D eigenvalue weighted by Gasteiger charge is 2.08. The maximum atomic E-state index is 4.50. The fourth-order valence-corrected chi connectivity index (χ4v) is 1.80. The fourth-order valence-electron chi connectivity index (χ4n) is 1.80. The minimum absolute atomic E-state index is 0.667. The van der Waals surface area contributed by atoms with Crippen LogP contribution in [0.1, 0.15) is 29.6 Å². The molecule has 18 heavy (non-hydrogen) atoms. The second-order valence-corrected chi connectivity index (χ2v) is 4.38. The Bertz CT molecular complexity index is 527. The van der Waals surface area contributed by atoms with Crippen LogP contribution in [0.3, 0.4) is 0 Å². The van der Waals surface area contributed by atoms with Gasteiger partial charge in [-0.25, -0.2) is 4.98 Å². The monoisotopic (exact) mass is 245 g/mol. The Morgan fingerprint density at radius 2 is 1.94 bits per heavy atom. The zero-order valence-corrected chi connectivity index (χ0v) is 11.4. The highest BCUT2D eigenvalue weighted by atomic mass is 15.3. The van der Waals surface area contributed by atoms with E-state index in [1.54, 1.807) is 12.4 Å². The second-order valence-electron chi connectivity index (χ2n) is 4.38. The lowest BCUT2D eigenvalue weighted by molar-refractivity contribution is 0.644. The standard InChI is InChI=1S/C13H19N5/c1-5-14-13-7-15-12(6-16-13)8-18-11(4)9(2)10(3)17-18/h6-7H,5,8H2,1-4H3,(H,14,16). The van der Waals surface area contributed by atoms with E-state index in [-0.39, 0.29) is 0 Å². The van der Waals surface area contributed by atoms with Gasteiger partial charge in [-0.15, -0.1) is 0 Å². The molecule has 0 aliphatic carbocycles. The van der Waals surface area contributed by atoms with Crippen molar-refractivity contribution in [2.45, 2.75) is 34.2 Å². The molecule has 2 aromatic rings. The van der Waals surface area contributed by atoms with Gasteiger partial charge in [0, 0.05) is 12.2 Å². The molecule has 5 heteroatoms. The average molecular weight is 245 g/mol. The molecule has 2 aromatic heterocycles. The second kappa shape index (κ2) is 5.16. The van der Waals surface area contributed by atoms with E-state index in [9.17, 15) is 0 Å². The summed E-state index contributed by atoms with van der Waals surface area (Å²) in [6.45, 7) is 9.75. The predicted molar refractivity (Wildman–Crippen MR) is 71.7 cm³/mol. The molecule has 1 N–H and O–H groups in total. The van der Waals surface area contributed by atoms with Gasteiger partial charge >= 0.3 is 0 Å². The van der Waals surface area contributed by atoms with Crippen molar-refractivity contribution < 1.29 is 0 Å². The van der Waals surface area contributed by atoms with Gasteiger partial charge in [0.1, 0.15) is 5.82 Å². The van der Waals surface area contributed by atoms with Crippen LogP contribution in [-0.2, 0) is 6.54 Å². The van der Waals surface area contributed by atoms with Crippen LogP contribution in [0, 0.1) is 20.8 Å². The van der Waals surface area contributed by atoms with E-state index in [1.165, 1.54) is 11.3 Å². The smallest absolute Gasteiger partial charge is 0.144 e. The van der Waals surface area contributed by atoms with Gasteiger partial charge in [-0.05, 0) is 33.3 Å². The van der Waals surface area contributed by atoms with Crippen LogP contribution >= 0.6 is 0 Å². The Hall–Kier alpha value is -1.91. The molecule has 5 nitrogen and oxygen atoms in total. The topological polar surface area (TPSA) is 55.6 Å². The zero-order chi connectivity index (χ0) is 13.1. The molecule has 0 bridgehead atoms. The number of anilines is 1. The molecule has 96 valence electrons. The molecule has 0 aliphatic rings. The van der Waals surface area contributed by atoms with Crippen molar-refractivity contribution in [3.63, 3.8) is 0 Å². The largest absolute Gasteiger partial charge is 0.369 e. The zero-order valence-electron chi connectivity index (χ0n) is 11.4. The third kappa shape index (κ3) is 2.50. The molecule has 2 heterocycles. The summed E-state index contributed by atoms with van der Waals surface area (Å²) in [5, 5.41) is 7.62. The van der Waals surface area contributed by atoms with Gasteiger partial charge in [-0.1, -0.05) is 0 Å². The van der Waals surface area contributed by atoms with Crippen molar-refractivity contribution in [1.29, 1.82) is 0 Å². The molecule has 2 rings (SSSR count). The number of hydrogen-bond donors (Lipinski definition) is 1. The Morgan fingerprint density at radius 1 is 1.17 bits per heavy atom. The van der Waals surface area contributed by atoms with Crippen LogP contribution in [0.4, 0.5) is 5.82 Å². The first-order chi connectivity index (χ1) is 8.61. The Kier molecular flexibility index (Phi) is 3.60. The number of aryl methyl sites for hydroxylation is 1. The van der Waals surface area contributed by atoms with E-state index in [1.807, 2.05) is 18.5 Å². The maximum absolute atomic E-state index is 4.50. The van der Waals surface area contributed by atoms with Crippen molar-refractivity contribution in [2.75, 3.05) is 11.9 Å². The third-order valence-corrected chi connectivity index (χ3v) is 3.12. The molecule has 0 atom stereocenters. The number of nitrogens with one attached hydrogen (secondary N) is 1. The van der Waals surface area contributed by atoms with Gasteiger partial charge in [-0.3, -0.25) is 9.67 Å². The molecule has 0 radical (unpaired) electrons. The summed E-state index contributed by atoms with van der Waals surface area (Å²) < 4.78 is 1.97. The van der Waals surface area contributed by atoms with Crippen LogP contribution in [-0.4, -0.2) is 26.3 Å². The van der Waals surface area contributed by atoms with Crippen molar-refractivity contribution in [2.24, 2.45) is 0 Å². The normalized spacial score (nSPS) is 10.7. The van der Waals surface area contributed by atoms with Crippen molar-refractivity contribution in [3.05, 3.63) is 35.0 Å². The molecule has 0 saturated heterocycles. The predicted octanol–water partition coefficient (Wildman–Crippen LogP) is 2.08. The fraction of sp³-hybridized carbons (Fsp3) is 0.462. The minimum atomic E-state index is 0.667. The Labute approximate surface area is 107 Å². The van der Waals surface area contributed by atoms with Gasteiger partial charge < -0.3 is 5.32 Å². The number of rotatable bonds is 4. The molecular weight excluding hydrogens is 226 g/mol. The summed E-state index contributed by atoms with van der Waals surface area (Å²) in [5.74, 6) is 0.811. The van der Waals surface area contributed by atoms with Crippen LogP contribution in [0.5, 0.6) is 0 Å². The van der Waals surface area contributed by atoms with Crippen LogP contribution in [0.25, 0.3) is 0 Å². The average Bonchev–Trinajstić information content (AvgIpc) is 2.60. The van der Waals surface area contributed by atoms with Crippen molar-refractivity contribution >= 4 is 5.82 Å². The molecule has 0 fully saturated rings. The first-order valence-electron chi connectivity index (χ1n) is 6.17. The Balaban J connectivity index is 2.15. The van der Waals surface area contributed by atoms with Gasteiger partial charge in [0.15, 0.2) is 0 Å². The molecule has 0 saturated carbocycles. The number of nitrogens with zero attached hydrogens (tertiary/aromatic N) is 4. The van der Waals surface area contributed by atoms with Crippen LogP contribution < -0.4 is 5.32 Å².